The number of hydrogen-bond acceptors (Lipinski definition) is 4. The second kappa shape index (κ2) is 8.81. The SMILES string of the molecule is OCCc1cccc(CCCc2cncc(OCC3CCN3)c2)c1. The molecule has 1 unspecified atom stereocenters. The van der Waals surface area contributed by atoms with E-state index >= 15 is 0 Å². The van der Waals surface area contributed by atoms with Crippen LogP contribution in [0.1, 0.15) is 29.5 Å². The lowest BCUT2D eigenvalue weighted by Gasteiger charge is -2.27. The summed E-state index contributed by atoms with van der Waals surface area (Å²) in [6.07, 6.45) is 8.76. The highest BCUT2D eigenvalue weighted by Crippen LogP contribution is 2.16. The van der Waals surface area contributed by atoms with Crippen LogP contribution >= 0.6 is 0 Å². The molecule has 0 bridgehead atoms. The van der Waals surface area contributed by atoms with Crippen LogP contribution in [0.15, 0.2) is 42.7 Å². The quantitative estimate of drug-likeness (QED) is 0.743. The maximum Gasteiger partial charge on any atom is 0.137 e. The summed E-state index contributed by atoms with van der Waals surface area (Å²) in [6.45, 7) is 2.03. The van der Waals surface area contributed by atoms with Crippen molar-refractivity contribution in [3.05, 3.63) is 59.4 Å². The van der Waals surface area contributed by atoms with Crippen LogP contribution in [0.2, 0.25) is 0 Å². The zero-order chi connectivity index (χ0) is 16.6. The van der Waals surface area contributed by atoms with Gasteiger partial charge in [-0.05, 0) is 61.4 Å². The van der Waals surface area contributed by atoms with Crippen molar-refractivity contribution < 1.29 is 9.84 Å². The first-order valence-electron chi connectivity index (χ1n) is 8.82. The van der Waals surface area contributed by atoms with Crippen molar-refractivity contribution in [3.8, 4) is 5.75 Å². The summed E-state index contributed by atoms with van der Waals surface area (Å²) < 4.78 is 5.81. The Kier molecular flexibility index (Phi) is 6.21. The normalized spacial score (nSPS) is 16.6. The van der Waals surface area contributed by atoms with E-state index in [0.717, 1.165) is 44.6 Å². The average Bonchev–Trinajstić information content (AvgIpc) is 2.55. The Hall–Kier alpha value is -1.91. The average molecular weight is 326 g/mol. The summed E-state index contributed by atoms with van der Waals surface area (Å²) >= 11 is 0. The Morgan fingerprint density at radius 3 is 2.62 bits per heavy atom. The third-order valence-corrected chi connectivity index (χ3v) is 4.47. The zero-order valence-electron chi connectivity index (χ0n) is 14.1. The molecule has 3 rings (SSSR count). The summed E-state index contributed by atoms with van der Waals surface area (Å²) in [7, 11) is 0. The van der Waals surface area contributed by atoms with Crippen LogP contribution in [0.5, 0.6) is 5.75 Å². The van der Waals surface area contributed by atoms with E-state index in [9.17, 15) is 0 Å². The molecule has 0 amide bonds. The minimum Gasteiger partial charge on any atom is -0.490 e. The summed E-state index contributed by atoms with van der Waals surface area (Å²) in [5.74, 6) is 0.867. The number of aliphatic hydroxyl groups excluding tert-OH is 1. The Morgan fingerprint density at radius 2 is 1.88 bits per heavy atom. The van der Waals surface area contributed by atoms with Gasteiger partial charge in [-0.2, -0.15) is 0 Å². The molecular formula is C20H26N2O2. The van der Waals surface area contributed by atoms with Gasteiger partial charge in [0.1, 0.15) is 12.4 Å². The van der Waals surface area contributed by atoms with Crippen molar-refractivity contribution in [2.24, 2.45) is 0 Å². The van der Waals surface area contributed by atoms with E-state index in [0.29, 0.717) is 6.04 Å². The van der Waals surface area contributed by atoms with Gasteiger partial charge in [-0.1, -0.05) is 24.3 Å². The smallest absolute Gasteiger partial charge is 0.137 e. The number of ether oxygens (including phenoxy) is 1. The molecule has 2 aromatic rings. The molecule has 2 N–H and O–H groups in total. The number of hydrogen-bond donors (Lipinski definition) is 2. The van der Waals surface area contributed by atoms with E-state index in [2.05, 4.69) is 40.6 Å². The summed E-state index contributed by atoms with van der Waals surface area (Å²) in [6, 6.07) is 11.1. The minimum atomic E-state index is 0.207. The lowest BCUT2D eigenvalue weighted by molar-refractivity contribution is 0.217. The molecule has 1 aromatic heterocycles. The van der Waals surface area contributed by atoms with Gasteiger partial charge in [-0.25, -0.2) is 0 Å². The van der Waals surface area contributed by atoms with Crippen LogP contribution in [0, 0.1) is 0 Å². The van der Waals surface area contributed by atoms with Gasteiger partial charge in [-0.15, -0.1) is 0 Å². The number of aliphatic hydroxyl groups is 1. The predicted molar refractivity (Wildman–Crippen MR) is 95.4 cm³/mol. The molecule has 1 fully saturated rings. The first kappa shape index (κ1) is 16.9. The van der Waals surface area contributed by atoms with Gasteiger partial charge in [0.25, 0.3) is 0 Å². The number of rotatable bonds is 9. The first-order chi connectivity index (χ1) is 11.8. The van der Waals surface area contributed by atoms with Gasteiger partial charge < -0.3 is 15.2 Å². The van der Waals surface area contributed by atoms with Gasteiger partial charge in [0.2, 0.25) is 0 Å². The molecule has 128 valence electrons. The summed E-state index contributed by atoms with van der Waals surface area (Å²) in [4.78, 5) is 4.30. The van der Waals surface area contributed by atoms with Gasteiger partial charge in [0.15, 0.2) is 0 Å². The van der Waals surface area contributed by atoms with Crippen molar-refractivity contribution in [1.29, 1.82) is 0 Å². The fourth-order valence-electron chi connectivity index (χ4n) is 2.93. The first-order valence-corrected chi connectivity index (χ1v) is 8.82. The molecule has 4 nitrogen and oxygen atoms in total. The fourth-order valence-corrected chi connectivity index (χ4v) is 2.93. The molecule has 0 aliphatic carbocycles. The fraction of sp³-hybridized carbons (Fsp3) is 0.450. The second-order valence-corrected chi connectivity index (χ2v) is 6.43. The second-order valence-electron chi connectivity index (χ2n) is 6.43. The van der Waals surface area contributed by atoms with E-state index in [-0.39, 0.29) is 6.61 Å². The Labute approximate surface area is 143 Å². The van der Waals surface area contributed by atoms with Crippen LogP contribution < -0.4 is 10.1 Å². The van der Waals surface area contributed by atoms with Crippen molar-refractivity contribution >= 4 is 0 Å². The Morgan fingerprint density at radius 1 is 1.08 bits per heavy atom. The van der Waals surface area contributed by atoms with Crippen LogP contribution in [-0.4, -0.2) is 35.9 Å². The molecule has 0 radical (unpaired) electrons. The molecule has 1 saturated heterocycles. The van der Waals surface area contributed by atoms with Crippen LogP contribution in [0.3, 0.4) is 0 Å². The van der Waals surface area contributed by atoms with E-state index in [4.69, 9.17) is 9.84 Å². The number of nitrogens with one attached hydrogen (secondary N) is 1. The maximum atomic E-state index is 9.04. The molecule has 0 saturated carbocycles. The molecule has 1 atom stereocenters. The van der Waals surface area contributed by atoms with E-state index in [1.807, 2.05) is 6.20 Å². The third-order valence-electron chi connectivity index (χ3n) is 4.47. The molecule has 1 aliphatic heterocycles. The topological polar surface area (TPSA) is 54.4 Å². The van der Waals surface area contributed by atoms with Crippen LogP contribution in [0.4, 0.5) is 0 Å². The highest BCUT2D eigenvalue weighted by Gasteiger charge is 2.16. The highest BCUT2D eigenvalue weighted by atomic mass is 16.5. The molecule has 4 heteroatoms. The van der Waals surface area contributed by atoms with Crippen molar-refractivity contribution in [3.63, 3.8) is 0 Å². The molecule has 1 aliphatic rings. The van der Waals surface area contributed by atoms with Gasteiger partial charge in [-0.3, -0.25) is 4.98 Å². The van der Waals surface area contributed by atoms with Gasteiger partial charge >= 0.3 is 0 Å². The summed E-state index contributed by atoms with van der Waals surface area (Å²) in [5, 5.41) is 12.4. The number of aryl methyl sites for hydroxylation is 2. The van der Waals surface area contributed by atoms with Crippen molar-refractivity contribution in [1.82, 2.24) is 10.3 Å². The van der Waals surface area contributed by atoms with E-state index in [1.165, 1.54) is 23.1 Å². The molecule has 24 heavy (non-hydrogen) atoms. The van der Waals surface area contributed by atoms with E-state index < -0.39 is 0 Å². The monoisotopic (exact) mass is 326 g/mol. The molecular weight excluding hydrogens is 300 g/mol. The minimum absolute atomic E-state index is 0.207. The van der Waals surface area contributed by atoms with E-state index in [1.54, 1.807) is 6.20 Å². The lowest BCUT2D eigenvalue weighted by Crippen LogP contribution is -2.46. The van der Waals surface area contributed by atoms with Crippen LogP contribution in [0.25, 0.3) is 0 Å². The van der Waals surface area contributed by atoms with Crippen LogP contribution in [-0.2, 0) is 19.3 Å². The lowest BCUT2D eigenvalue weighted by atomic mass is 10.0. The predicted octanol–water partition coefficient (Wildman–Crippen LogP) is 2.53. The zero-order valence-corrected chi connectivity index (χ0v) is 14.1. The van der Waals surface area contributed by atoms with Crippen molar-refractivity contribution in [2.75, 3.05) is 19.8 Å². The number of aromatic nitrogens is 1. The van der Waals surface area contributed by atoms with Gasteiger partial charge in [0, 0.05) is 18.8 Å². The molecule has 0 spiro atoms. The Balaban J connectivity index is 1.46. The number of pyridine rings is 1. The molecule has 1 aromatic carbocycles. The number of nitrogens with zero attached hydrogens (tertiary/aromatic N) is 1. The van der Waals surface area contributed by atoms with Gasteiger partial charge in [0.05, 0.1) is 6.20 Å². The summed E-state index contributed by atoms with van der Waals surface area (Å²) in [5.41, 5.74) is 3.76. The molecule has 2 heterocycles. The maximum absolute atomic E-state index is 9.04. The standard InChI is InChI=1S/C20H26N2O2/c23-10-8-17-5-1-3-16(11-17)4-2-6-18-12-20(14-21-13-18)24-15-19-7-9-22-19/h1,3,5,11-14,19,22-23H,2,4,6-10,15H2. The highest BCUT2D eigenvalue weighted by molar-refractivity contribution is 5.25. The Bertz CT molecular complexity index is 641. The van der Waals surface area contributed by atoms with Crippen molar-refractivity contribution in [2.45, 2.75) is 38.1 Å². The third kappa shape index (κ3) is 5.05. The largest absolute Gasteiger partial charge is 0.490 e. The number of benzene rings is 1.